The SMILES string of the molecule is CN(C)c1cccc(OCCN(C)c2ccc(N)cc2)c1. The Morgan fingerprint density at radius 1 is 0.952 bits per heavy atom. The average molecular weight is 285 g/mol. The van der Waals surface area contributed by atoms with Crippen LogP contribution in [0.25, 0.3) is 0 Å². The van der Waals surface area contributed by atoms with E-state index in [9.17, 15) is 0 Å². The fraction of sp³-hybridized carbons (Fsp3) is 0.294. The molecule has 0 aliphatic rings. The van der Waals surface area contributed by atoms with Crippen LogP contribution in [0.15, 0.2) is 48.5 Å². The van der Waals surface area contributed by atoms with E-state index in [0.717, 1.165) is 29.4 Å². The molecule has 2 N–H and O–H groups in total. The third-order valence-corrected chi connectivity index (χ3v) is 3.36. The number of ether oxygens (including phenoxy) is 1. The molecule has 0 fully saturated rings. The zero-order valence-electron chi connectivity index (χ0n) is 12.9. The largest absolute Gasteiger partial charge is 0.492 e. The van der Waals surface area contributed by atoms with E-state index in [1.807, 2.05) is 63.6 Å². The van der Waals surface area contributed by atoms with Crippen molar-refractivity contribution in [2.24, 2.45) is 0 Å². The maximum Gasteiger partial charge on any atom is 0.121 e. The van der Waals surface area contributed by atoms with Crippen molar-refractivity contribution in [2.75, 3.05) is 49.8 Å². The van der Waals surface area contributed by atoms with E-state index in [-0.39, 0.29) is 0 Å². The molecule has 0 amide bonds. The Hall–Kier alpha value is -2.36. The van der Waals surface area contributed by atoms with Crippen LogP contribution in [-0.2, 0) is 0 Å². The first-order chi connectivity index (χ1) is 10.1. The number of nitrogens with zero attached hydrogens (tertiary/aromatic N) is 2. The Balaban J connectivity index is 1.86. The van der Waals surface area contributed by atoms with E-state index in [1.54, 1.807) is 0 Å². The lowest BCUT2D eigenvalue weighted by molar-refractivity contribution is 0.326. The van der Waals surface area contributed by atoms with Gasteiger partial charge in [-0.3, -0.25) is 0 Å². The molecular weight excluding hydrogens is 262 g/mol. The van der Waals surface area contributed by atoms with Crippen molar-refractivity contribution in [3.63, 3.8) is 0 Å². The normalized spacial score (nSPS) is 10.2. The minimum atomic E-state index is 0.637. The van der Waals surface area contributed by atoms with E-state index in [4.69, 9.17) is 10.5 Å². The highest BCUT2D eigenvalue weighted by Gasteiger charge is 2.02. The first-order valence-corrected chi connectivity index (χ1v) is 7.03. The van der Waals surface area contributed by atoms with Crippen LogP contribution in [0.5, 0.6) is 5.75 Å². The van der Waals surface area contributed by atoms with Crippen molar-refractivity contribution < 1.29 is 4.74 Å². The number of benzene rings is 2. The number of hydrogen-bond acceptors (Lipinski definition) is 4. The summed E-state index contributed by atoms with van der Waals surface area (Å²) in [6, 6.07) is 16.0. The number of likely N-dealkylation sites (N-methyl/N-ethyl adjacent to an activating group) is 1. The third kappa shape index (κ3) is 4.31. The van der Waals surface area contributed by atoms with Crippen LogP contribution in [0.2, 0.25) is 0 Å². The van der Waals surface area contributed by atoms with Crippen LogP contribution >= 0.6 is 0 Å². The van der Waals surface area contributed by atoms with Crippen LogP contribution in [0, 0.1) is 0 Å². The lowest BCUT2D eigenvalue weighted by Crippen LogP contribution is -2.23. The number of nitrogens with two attached hydrogens (primary N) is 1. The molecule has 2 aromatic carbocycles. The van der Waals surface area contributed by atoms with Gasteiger partial charge in [-0.2, -0.15) is 0 Å². The fourth-order valence-electron chi connectivity index (χ4n) is 2.01. The molecule has 21 heavy (non-hydrogen) atoms. The Labute approximate surface area is 126 Å². The summed E-state index contributed by atoms with van der Waals surface area (Å²) in [5.74, 6) is 0.895. The van der Waals surface area contributed by atoms with Gasteiger partial charge >= 0.3 is 0 Å². The Morgan fingerprint density at radius 2 is 1.67 bits per heavy atom. The van der Waals surface area contributed by atoms with Gasteiger partial charge in [0, 0.05) is 44.3 Å². The van der Waals surface area contributed by atoms with Gasteiger partial charge in [0.05, 0.1) is 6.54 Å². The maximum absolute atomic E-state index is 5.82. The summed E-state index contributed by atoms with van der Waals surface area (Å²) in [5, 5.41) is 0. The number of hydrogen-bond donors (Lipinski definition) is 1. The molecule has 0 bridgehead atoms. The summed E-state index contributed by atoms with van der Waals surface area (Å²) >= 11 is 0. The van der Waals surface area contributed by atoms with E-state index in [2.05, 4.69) is 15.9 Å². The minimum Gasteiger partial charge on any atom is -0.492 e. The van der Waals surface area contributed by atoms with Crippen molar-refractivity contribution in [1.29, 1.82) is 0 Å². The molecule has 0 aliphatic heterocycles. The summed E-state index contributed by atoms with van der Waals surface area (Å²) < 4.78 is 5.82. The predicted molar refractivity (Wildman–Crippen MR) is 90.4 cm³/mol. The molecule has 0 heterocycles. The molecule has 0 atom stereocenters. The Bertz CT molecular complexity index is 567. The van der Waals surface area contributed by atoms with Gasteiger partial charge in [-0.1, -0.05) is 6.07 Å². The lowest BCUT2D eigenvalue weighted by Gasteiger charge is -2.20. The minimum absolute atomic E-state index is 0.637. The predicted octanol–water partition coefficient (Wildman–Crippen LogP) is 2.85. The van der Waals surface area contributed by atoms with Crippen molar-refractivity contribution in [3.8, 4) is 5.75 Å². The summed E-state index contributed by atoms with van der Waals surface area (Å²) in [6.45, 7) is 1.45. The molecule has 0 aromatic heterocycles. The molecular formula is C17H23N3O. The molecule has 4 nitrogen and oxygen atoms in total. The van der Waals surface area contributed by atoms with Gasteiger partial charge in [0.2, 0.25) is 0 Å². The van der Waals surface area contributed by atoms with Gasteiger partial charge in [0.15, 0.2) is 0 Å². The smallest absolute Gasteiger partial charge is 0.121 e. The quantitative estimate of drug-likeness (QED) is 0.829. The van der Waals surface area contributed by atoms with Gasteiger partial charge in [-0.15, -0.1) is 0 Å². The van der Waals surface area contributed by atoms with Crippen molar-refractivity contribution in [3.05, 3.63) is 48.5 Å². The van der Waals surface area contributed by atoms with Crippen molar-refractivity contribution in [2.45, 2.75) is 0 Å². The summed E-state index contributed by atoms with van der Waals surface area (Å²) in [6.07, 6.45) is 0. The van der Waals surface area contributed by atoms with Crippen LogP contribution in [-0.4, -0.2) is 34.3 Å². The highest BCUT2D eigenvalue weighted by Crippen LogP contribution is 2.19. The second-order valence-electron chi connectivity index (χ2n) is 5.25. The van der Waals surface area contributed by atoms with Crippen LogP contribution < -0.4 is 20.3 Å². The first kappa shape index (κ1) is 15.0. The zero-order valence-corrected chi connectivity index (χ0v) is 12.9. The van der Waals surface area contributed by atoms with E-state index < -0.39 is 0 Å². The molecule has 0 unspecified atom stereocenters. The fourth-order valence-corrected chi connectivity index (χ4v) is 2.01. The topological polar surface area (TPSA) is 41.7 Å². The second kappa shape index (κ2) is 6.88. The maximum atomic E-state index is 5.82. The Morgan fingerprint density at radius 3 is 2.33 bits per heavy atom. The van der Waals surface area contributed by atoms with Gasteiger partial charge in [-0.05, 0) is 36.4 Å². The van der Waals surface area contributed by atoms with Crippen molar-refractivity contribution in [1.82, 2.24) is 0 Å². The highest BCUT2D eigenvalue weighted by molar-refractivity contribution is 5.52. The summed E-state index contributed by atoms with van der Waals surface area (Å²) in [7, 11) is 6.09. The zero-order chi connectivity index (χ0) is 15.2. The Kier molecular flexibility index (Phi) is 4.93. The number of nitrogen functional groups attached to an aromatic ring is 1. The lowest BCUT2D eigenvalue weighted by atomic mass is 10.2. The molecule has 0 saturated carbocycles. The molecule has 0 saturated heterocycles. The molecule has 0 spiro atoms. The van der Waals surface area contributed by atoms with Crippen molar-refractivity contribution >= 4 is 17.1 Å². The molecule has 4 heteroatoms. The summed E-state index contributed by atoms with van der Waals surface area (Å²) in [4.78, 5) is 4.21. The van der Waals surface area contributed by atoms with Gasteiger partial charge in [-0.25, -0.2) is 0 Å². The average Bonchev–Trinajstić information content (AvgIpc) is 2.48. The molecule has 0 radical (unpaired) electrons. The number of rotatable bonds is 6. The monoisotopic (exact) mass is 285 g/mol. The first-order valence-electron chi connectivity index (χ1n) is 7.03. The third-order valence-electron chi connectivity index (χ3n) is 3.36. The van der Waals surface area contributed by atoms with E-state index >= 15 is 0 Å². The molecule has 112 valence electrons. The van der Waals surface area contributed by atoms with Crippen LogP contribution in [0.3, 0.4) is 0 Å². The van der Waals surface area contributed by atoms with Gasteiger partial charge in [0.1, 0.15) is 12.4 Å². The molecule has 0 aliphatic carbocycles. The van der Waals surface area contributed by atoms with E-state index in [0.29, 0.717) is 6.61 Å². The van der Waals surface area contributed by atoms with Gasteiger partial charge in [0.25, 0.3) is 0 Å². The van der Waals surface area contributed by atoms with E-state index in [1.165, 1.54) is 0 Å². The molecule has 2 rings (SSSR count). The number of anilines is 3. The highest BCUT2D eigenvalue weighted by atomic mass is 16.5. The molecule has 2 aromatic rings. The van der Waals surface area contributed by atoms with Crippen LogP contribution in [0.4, 0.5) is 17.1 Å². The standard InChI is InChI=1S/C17H23N3O/c1-19(2)16-5-4-6-17(13-16)21-12-11-20(3)15-9-7-14(18)8-10-15/h4-10,13H,11-12,18H2,1-3H3. The van der Waals surface area contributed by atoms with Gasteiger partial charge < -0.3 is 20.3 Å². The summed E-state index contributed by atoms with van der Waals surface area (Å²) in [5.41, 5.74) is 8.75. The second-order valence-corrected chi connectivity index (χ2v) is 5.25. The van der Waals surface area contributed by atoms with Crippen LogP contribution in [0.1, 0.15) is 0 Å².